The molecule has 0 unspecified atom stereocenters. The van der Waals surface area contributed by atoms with Crippen LogP contribution in [0.15, 0.2) is 29.2 Å². The number of carbonyl (C=O) groups excluding carboxylic acids is 1. The van der Waals surface area contributed by atoms with E-state index in [9.17, 15) is 13.2 Å². The summed E-state index contributed by atoms with van der Waals surface area (Å²) in [5.41, 5.74) is 0. The molecule has 152 valence electrons. The van der Waals surface area contributed by atoms with Crippen LogP contribution in [0.25, 0.3) is 0 Å². The molecule has 0 spiro atoms. The van der Waals surface area contributed by atoms with Crippen molar-refractivity contribution >= 4 is 27.5 Å². The number of benzene rings is 1. The minimum atomic E-state index is -3.56. The maximum Gasteiger partial charge on any atom is 0.240 e. The van der Waals surface area contributed by atoms with Crippen molar-refractivity contribution in [3.8, 4) is 6.07 Å². The van der Waals surface area contributed by atoms with Gasteiger partial charge in [-0.1, -0.05) is 11.6 Å². The van der Waals surface area contributed by atoms with Crippen LogP contribution in [0, 0.1) is 11.3 Å². The molecule has 1 heterocycles. The molecule has 28 heavy (non-hydrogen) atoms. The molecule has 1 saturated heterocycles. The lowest BCUT2D eigenvalue weighted by Crippen LogP contribution is -2.46. The molecular weight excluding hydrogens is 400 g/mol. The van der Waals surface area contributed by atoms with Crippen molar-refractivity contribution in [3.05, 3.63) is 29.3 Å². The Kier molecular flexibility index (Phi) is 6.94. The van der Waals surface area contributed by atoms with Crippen molar-refractivity contribution in [1.29, 1.82) is 5.26 Å². The maximum absolute atomic E-state index is 12.5. The number of nitrogens with zero attached hydrogens (tertiary/aromatic N) is 2. The fourth-order valence-corrected chi connectivity index (χ4v) is 5.28. The third-order valence-corrected chi connectivity index (χ3v) is 7.23. The molecule has 9 heteroatoms. The van der Waals surface area contributed by atoms with Gasteiger partial charge in [0, 0.05) is 23.7 Å². The van der Waals surface area contributed by atoms with Crippen LogP contribution in [0.3, 0.4) is 0 Å². The van der Waals surface area contributed by atoms with Crippen molar-refractivity contribution < 1.29 is 13.2 Å². The van der Waals surface area contributed by atoms with E-state index in [-0.39, 0.29) is 35.5 Å². The van der Waals surface area contributed by atoms with Gasteiger partial charge in [-0.25, -0.2) is 13.1 Å². The first kappa shape index (κ1) is 21.1. The molecule has 0 radical (unpaired) electrons. The normalized spacial score (nSPS) is 25.4. The summed E-state index contributed by atoms with van der Waals surface area (Å²) in [6, 6.07) is 8.07. The van der Waals surface area contributed by atoms with Gasteiger partial charge in [0.15, 0.2) is 0 Å². The Hall–Kier alpha value is -1.66. The highest BCUT2D eigenvalue weighted by atomic mass is 35.5. The first-order chi connectivity index (χ1) is 13.4. The number of hydrogen-bond acceptors (Lipinski definition) is 5. The topological polar surface area (TPSA) is 102 Å². The molecular formula is C19H25ClN4O3S. The molecule has 1 aliphatic carbocycles. The number of amides is 1. The number of hydrogen-bond donors (Lipinski definition) is 2. The molecule has 1 aliphatic heterocycles. The monoisotopic (exact) mass is 424 g/mol. The highest BCUT2D eigenvalue weighted by molar-refractivity contribution is 7.89. The summed E-state index contributed by atoms with van der Waals surface area (Å²) < 4.78 is 27.7. The van der Waals surface area contributed by atoms with Crippen molar-refractivity contribution in [2.75, 3.05) is 13.1 Å². The Morgan fingerprint density at radius 2 is 1.79 bits per heavy atom. The van der Waals surface area contributed by atoms with Gasteiger partial charge < -0.3 is 10.2 Å². The van der Waals surface area contributed by atoms with Crippen LogP contribution < -0.4 is 10.0 Å². The molecule has 1 aromatic carbocycles. The minimum absolute atomic E-state index is 0.0328. The second-order valence-corrected chi connectivity index (χ2v) is 9.53. The van der Waals surface area contributed by atoms with E-state index in [0.29, 0.717) is 24.4 Å². The lowest BCUT2D eigenvalue weighted by Gasteiger charge is -2.30. The Labute approximate surface area is 171 Å². The maximum atomic E-state index is 12.5. The Balaban J connectivity index is 1.44. The van der Waals surface area contributed by atoms with Gasteiger partial charge in [0.05, 0.1) is 17.5 Å². The third kappa shape index (κ3) is 5.23. The molecule has 1 atom stereocenters. The molecule has 2 fully saturated rings. The third-order valence-electron chi connectivity index (χ3n) is 5.44. The number of nitriles is 1. The fraction of sp³-hybridized carbons (Fsp3) is 0.579. The van der Waals surface area contributed by atoms with Crippen LogP contribution in [0.5, 0.6) is 0 Å². The van der Waals surface area contributed by atoms with Gasteiger partial charge in [0.2, 0.25) is 15.9 Å². The van der Waals surface area contributed by atoms with Crippen molar-refractivity contribution in [1.82, 2.24) is 14.9 Å². The van der Waals surface area contributed by atoms with E-state index in [1.54, 1.807) is 17.0 Å². The summed E-state index contributed by atoms with van der Waals surface area (Å²) in [6.07, 6.45) is 4.64. The van der Waals surface area contributed by atoms with E-state index in [1.807, 2.05) is 0 Å². The summed E-state index contributed by atoms with van der Waals surface area (Å²) in [5, 5.41) is 12.9. The van der Waals surface area contributed by atoms with Crippen LogP contribution in [-0.2, 0) is 14.8 Å². The second kappa shape index (κ2) is 9.23. The van der Waals surface area contributed by atoms with Gasteiger partial charge in [-0.05, 0) is 62.8 Å². The van der Waals surface area contributed by atoms with Crippen molar-refractivity contribution in [2.24, 2.45) is 0 Å². The molecule has 1 amide bonds. The number of carbonyl (C=O) groups is 1. The number of likely N-dealkylation sites (tertiary alicyclic amines) is 1. The molecule has 2 N–H and O–H groups in total. The standard InChI is InChI=1S/C19H25ClN4O3S/c20-14-3-9-18(10-4-14)28(26,27)23-16-7-5-15(6-8-16)22-13-19(25)24-11-1-2-17(24)12-21/h3-4,9-10,15-17,22-23H,1-2,5-8,11,13H2/t15?,16?,17-/m0/s1. The molecule has 2 aliphatic rings. The SMILES string of the molecule is N#C[C@@H]1CCCN1C(=O)CNC1CCC(NS(=O)(=O)c2ccc(Cl)cc2)CC1. The minimum Gasteiger partial charge on any atom is -0.326 e. The summed E-state index contributed by atoms with van der Waals surface area (Å²) in [4.78, 5) is 14.2. The number of nitrogens with one attached hydrogen (secondary N) is 2. The molecule has 1 saturated carbocycles. The Morgan fingerprint density at radius 3 is 2.43 bits per heavy atom. The Morgan fingerprint density at radius 1 is 1.14 bits per heavy atom. The predicted octanol–water partition coefficient (Wildman–Crippen LogP) is 2.03. The predicted molar refractivity (Wildman–Crippen MR) is 106 cm³/mol. The lowest BCUT2D eigenvalue weighted by molar-refractivity contribution is -0.130. The first-order valence-corrected chi connectivity index (χ1v) is 11.5. The van der Waals surface area contributed by atoms with Gasteiger partial charge in [-0.2, -0.15) is 5.26 Å². The average molecular weight is 425 g/mol. The fourth-order valence-electron chi connectivity index (χ4n) is 3.85. The average Bonchev–Trinajstić information content (AvgIpc) is 3.16. The molecule has 1 aromatic rings. The van der Waals surface area contributed by atoms with Crippen LogP contribution in [0.1, 0.15) is 38.5 Å². The summed E-state index contributed by atoms with van der Waals surface area (Å²) >= 11 is 5.81. The Bertz CT molecular complexity index is 830. The van der Waals surface area contributed by atoms with Crippen LogP contribution in [0.2, 0.25) is 5.02 Å². The first-order valence-electron chi connectivity index (χ1n) is 9.59. The second-order valence-electron chi connectivity index (χ2n) is 7.38. The van der Waals surface area contributed by atoms with Gasteiger partial charge in [-0.3, -0.25) is 4.79 Å². The van der Waals surface area contributed by atoms with Crippen molar-refractivity contribution in [3.63, 3.8) is 0 Å². The van der Waals surface area contributed by atoms with E-state index in [0.717, 1.165) is 25.7 Å². The molecule has 0 aromatic heterocycles. The molecule has 3 rings (SSSR count). The zero-order valence-corrected chi connectivity index (χ0v) is 17.2. The zero-order valence-electron chi connectivity index (χ0n) is 15.6. The highest BCUT2D eigenvalue weighted by Gasteiger charge is 2.30. The van der Waals surface area contributed by atoms with E-state index in [2.05, 4.69) is 16.1 Å². The van der Waals surface area contributed by atoms with E-state index in [1.165, 1.54) is 12.1 Å². The summed E-state index contributed by atoms with van der Waals surface area (Å²) in [7, 11) is -3.56. The molecule has 7 nitrogen and oxygen atoms in total. The smallest absolute Gasteiger partial charge is 0.240 e. The molecule has 0 bridgehead atoms. The summed E-state index contributed by atoms with van der Waals surface area (Å²) in [5.74, 6) is -0.0328. The van der Waals surface area contributed by atoms with Gasteiger partial charge in [-0.15, -0.1) is 0 Å². The van der Waals surface area contributed by atoms with E-state index >= 15 is 0 Å². The largest absolute Gasteiger partial charge is 0.326 e. The van der Waals surface area contributed by atoms with Crippen LogP contribution in [-0.4, -0.2) is 50.4 Å². The van der Waals surface area contributed by atoms with Gasteiger partial charge >= 0.3 is 0 Å². The zero-order chi connectivity index (χ0) is 20.1. The van der Waals surface area contributed by atoms with Crippen LogP contribution >= 0.6 is 11.6 Å². The van der Waals surface area contributed by atoms with E-state index < -0.39 is 10.0 Å². The lowest BCUT2D eigenvalue weighted by atomic mass is 9.92. The van der Waals surface area contributed by atoms with Gasteiger partial charge in [0.1, 0.15) is 6.04 Å². The number of rotatable bonds is 6. The quantitative estimate of drug-likeness (QED) is 0.727. The van der Waals surface area contributed by atoms with E-state index in [4.69, 9.17) is 16.9 Å². The van der Waals surface area contributed by atoms with Gasteiger partial charge in [0.25, 0.3) is 0 Å². The summed E-state index contributed by atoms with van der Waals surface area (Å²) in [6.45, 7) is 0.877. The van der Waals surface area contributed by atoms with Crippen LogP contribution in [0.4, 0.5) is 0 Å². The number of sulfonamides is 1. The van der Waals surface area contributed by atoms with Crippen molar-refractivity contribution in [2.45, 2.75) is 61.5 Å². The number of halogens is 1. The highest BCUT2D eigenvalue weighted by Crippen LogP contribution is 2.22.